The summed E-state index contributed by atoms with van der Waals surface area (Å²) in [7, 11) is 0. The van der Waals surface area contributed by atoms with Gasteiger partial charge in [-0.3, -0.25) is 4.79 Å². The largest absolute Gasteiger partial charge is 0.356 e. The highest BCUT2D eigenvalue weighted by Crippen LogP contribution is 2.22. The number of hydrogen-bond acceptors (Lipinski definition) is 6. The first-order valence-corrected chi connectivity index (χ1v) is 9.10. The first-order chi connectivity index (χ1) is 13.3. The third-order valence-electron chi connectivity index (χ3n) is 4.74. The number of nitrogens with one attached hydrogen (secondary N) is 1. The summed E-state index contributed by atoms with van der Waals surface area (Å²) in [6, 6.07) is 5.84. The number of carbonyl (C=O) groups is 1. The molecule has 9 nitrogen and oxygen atoms in total. The molecule has 0 saturated carbocycles. The molecule has 1 amide bonds. The number of nitrogens with zero attached hydrogens (tertiary/aromatic N) is 7. The van der Waals surface area contributed by atoms with Crippen molar-refractivity contribution < 1.29 is 4.79 Å². The Hall–Kier alpha value is -3.23. The van der Waals surface area contributed by atoms with Gasteiger partial charge in [0.25, 0.3) is 0 Å². The van der Waals surface area contributed by atoms with Crippen molar-refractivity contribution in [2.45, 2.75) is 19.4 Å². The third-order valence-corrected chi connectivity index (χ3v) is 4.74. The van der Waals surface area contributed by atoms with Crippen molar-refractivity contribution >= 4 is 11.7 Å². The summed E-state index contributed by atoms with van der Waals surface area (Å²) in [4.78, 5) is 27.3. The highest BCUT2D eigenvalue weighted by atomic mass is 16.1. The maximum absolute atomic E-state index is 12.6. The van der Waals surface area contributed by atoms with Crippen LogP contribution in [0.1, 0.15) is 12.8 Å². The molecule has 27 heavy (non-hydrogen) atoms. The Kier molecular flexibility index (Phi) is 5.08. The molecule has 3 aromatic heterocycles. The van der Waals surface area contributed by atoms with E-state index in [-0.39, 0.29) is 11.8 Å². The summed E-state index contributed by atoms with van der Waals surface area (Å²) in [6.07, 6.45) is 10.4. The summed E-state index contributed by atoms with van der Waals surface area (Å²) < 4.78 is 3.65. The Labute approximate surface area is 157 Å². The van der Waals surface area contributed by atoms with Crippen molar-refractivity contribution in [2.75, 3.05) is 24.5 Å². The zero-order valence-corrected chi connectivity index (χ0v) is 15.0. The molecule has 140 valence electrons. The number of anilines is 1. The second-order valence-electron chi connectivity index (χ2n) is 6.57. The summed E-state index contributed by atoms with van der Waals surface area (Å²) in [6.45, 7) is 2.94. The van der Waals surface area contributed by atoms with Crippen molar-refractivity contribution in [1.82, 2.24) is 34.6 Å². The van der Waals surface area contributed by atoms with Gasteiger partial charge in [0, 0.05) is 44.6 Å². The Bertz CT molecular complexity index is 861. The van der Waals surface area contributed by atoms with Crippen LogP contribution in [0.15, 0.2) is 49.6 Å². The van der Waals surface area contributed by atoms with Crippen molar-refractivity contribution in [3.05, 3.63) is 49.6 Å². The lowest BCUT2D eigenvalue weighted by atomic mass is 9.97. The Morgan fingerprint density at radius 3 is 2.85 bits per heavy atom. The van der Waals surface area contributed by atoms with E-state index in [0.717, 1.165) is 31.7 Å². The quantitative estimate of drug-likeness (QED) is 0.696. The van der Waals surface area contributed by atoms with E-state index in [1.165, 1.54) is 12.7 Å². The summed E-state index contributed by atoms with van der Waals surface area (Å²) in [5.41, 5.74) is 0. The van der Waals surface area contributed by atoms with Crippen molar-refractivity contribution in [2.24, 2.45) is 5.92 Å². The van der Waals surface area contributed by atoms with E-state index >= 15 is 0 Å². The van der Waals surface area contributed by atoms with Crippen molar-refractivity contribution in [3.63, 3.8) is 0 Å². The van der Waals surface area contributed by atoms with Crippen LogP contribution in [0.2, 0.25) is 0 Å². The van der Waals surface area contributed by atoms with Gasteiger partial charge in [-0.05, 0) is 25.0 Å². The molecule has 3 aromatic rings. The Balaban J connectivity index is 1.36. The molecule has 1 N–H and O–H groups in total. The molecule has 1 aliphatic heterocycles. The van der Waals surface area contributed by atoms with Gasteiger partial charge in [-0.2, -0.15) is 5.10 Å². The average molecular weight is 366 g/mol. The number of hydrogen-bond donors (Lipinski definition) is 1. The summed E-state index contributed by atoms with van der Waals surface area (Å²) in [5, 5.41) is 7.16. The molecule has 4 heterocycles. The molecule has 1 fully saturated rings. The number of rotatable bonds is 6. The van der Waals surface area contributed by atoms with E-state index in [1.807, 2.05) is 30.6 Å². The molecule has 0 aromatic carbocycles. The second kappa shape index (κ2) is 7.98. The average Bonchev–Trinajstić information content (AvgIpc) is 3.42. The van der Waals surface area contributed by atoms with Crippen LogP contribution in [0, 0.1) is 5.92 Å². The highest BCUT2D eigenvalue weighted by Gasteiger charge is 2.26. The van der Waals surface area contributed by atoms with Crippen LogP contribution in [-0.4, -0.2) is 54.8 Å². The molecule has 9 heteroatoms. The van der Waals surface area contributed by atoms with Crippen LogP contribution in [-0.2, 0) is 11.3 Å². The van der Waals surface area contributed by atoms with Crippen molar-refractivity contribution in [3.8, 4) is 5.82 Å². The summed E-state index contributed by atoms with van der Waals surface area (Å²) in [5.74, 6) is 1.54. The van der Waals surface area contributed by atoms with Crippen LogP contribution in [0.25, 0.3) is 5.82 Å². The Morgan fingerprint density at radius 1 is 1.19 bits per heavy atom. The zero-order valence-electron chi connectivity index (χ0n) is 15.0. The van der Waals surface area contributed by atoms with E-state index < -0.39 is 0 Å². The number of aromatic nitrogens is 6. The fourth-order valence-electron chi connectivity index (χ4n) is 3.33. The van der Waals surface area contributed by atoms with Crippen molar-refractivity contribution in [1.29, 1.82) is 0 Å². The SMILES string of the molecule is O=C(NCCn1cccc1)[C@H]1CCCN(c2cc(-n3cncn3)ncn2)C1. The van der Waals surface area contributed by atoms with Crippen LogP contribution >= 0.6 is 0 Å². The van der Waals surface area contributed by atoms with Crippen LogP contribution in [0.4, 0.5) is 5.82 Å². The van der Waals surface area contributed by atoms with Crippen LogP contribution < -0.4 is 10.2 Å². The fourth-order valence-corrected chi connectivity index (χ4v) is 3.33. The number of carbonyl (C=O) groups excluding carboxylic acids is 1. The normalized spacial score (nSPS) is 17.0. The topological polar surface area (TPSA) is 93.8 Å². The van der Waals surface area contributed by atoms with Crippen LogP contribution in [0.5, 0.6) is 0 Å². The maximum Gasteiger partial charge on any atom is 0.224 e. The molecule has 4 rings (SSSR count). The molecule has 1 atom stereocenters. The standard InChI is InChI=1S/C18H22N8O/c27-18(20-5-9-24-6-1-2-7-24)15-4-3-8-25(11-15)16-10-17(22-13-21-16)26-14-19-12-23-26/h1-2,6-7,10,12-15H,3-5,8-9,11H2,(H,20,27)/t15-/m0/s1. The zero-order chi connectivity index (χ0) is 18.5. The molecule has 0 aliphatic carbocycles. The number of amides is 1. The lowest BCUT2D eigenvalue weighted by Gasteiger charge is -2.32. The minimum absolute atomic E-state index is 0.0341. The molecule has 0 radical (unpaired) electrons. The first kappa shape index (κ1) is 17.2. The van der Waals surface area contributed by atoms with E-state index in [0.29, 0.717) is 18.9 Å². The van der Waals surface area contributed by atoms with Gasteiger partial charge in [-0.1, -0.05) is 0 Å². The predicted molar refractivity (Wildman–Crippen MR) is 99.3 cm³/mol. The monoisotopic (exact) mass is 366 g/mol. The first-order valence-electron chi connectivity index (χ1n) is 9.10. The van der Waals surface area contributed by atoms with Gasteiger partial charge in [0.1, 0.15) is 24.8 Å². The van der Waals surface area contributed by atoms with E-state index in [2.05, 4.69) is 34.8 Å². The molecule has 0 spiro atoms. The van der Waals surface area contributed by atoms with Crippen LogP contribution in [0.3, 0.4) is 0 Å². The minimum Gasteiger partial charge on any atom is -0.356 e. The maximum atomic E-state index is 12.6. The Morgan fingerprint density at radius 2 is 2.04 bits per heavy atom. The van der Waals surface area contributed by atoms with E-state index in [9.17, 15) is 4.79 Å². The molecule has 1 aliphatic rings. The highest BCUT2D eigenvalue weighted by molar-refractivity contribution is 5.79. The molecule has 0 bridgehead atoms. The molecular weight excluding hydrogens is 344 g/mol. The van der Waals surface area contributed by atoms with Gasteiger partial charge in [-0.15, -0.1) is 0 Å². The van der Waals surface area contributed by atoms with Gasteiger partial charge < -0.3 is 14.8 Å². The fraction of sp³-hybridized carbons (Fsp3) is 0.389. The molecular formula is C18H22N8O. The third kappa shape index (κ3) is 4.13. The van der Waals surface area contributed by atoms with Gasteiger partial charge in [0.2, 0.25) is 5.91 Å². The minimum atomic E-state index is -0.0341. The smallest absolute Gasteiger partial charge is 0.224 e. The van der Waals surface area contributed by atoms with Gasteiger partial charge >= 0.3 is 0 Å². The lowest BCUT2D eigenvalue weighted by Crippen LogP contribution is -2.44. The predicted octanol–water partition coefficient (Wildman–Crippen LogP) is 0.892. The molecule has 1 saturated heterocycles. The summed E-state index contributed by atoms with van der Waals surface area (Å²) >= 11 is 0. The molecule has 0 unspecified atom stereocenters. The number of piperidine rings is 1. The van der Waals surface area contributed by atoms with E-state index in [4.69, 9.17) is 0 Å². The van der Waals surface area contributed by atoms with Gasteiger partial charge in [0.05, 0.1) is 5.92 Å². The van der Waals surface area contributed by atoms with Gasteiger partial charge in [0.15, 0.2) is 5.82 Å². The second-order valence-corrected chi connectivity index (χ2v) is 6.57. The lowest BCUT2D eigenvalue weighted by molar-refractivity contribution is -0.125. The van der Waals surface area contributed by atoms with E-state index in [1.54, 1.807) is 11.0 Å². The van der Waals surface area contributed by atoms with Gasteiger partial charge in [-0.25, -0.2) is 19.6 Å².